The van der Waals surface area contributed by atoms with Gasteiger partial charge in [0.15, 0.2) is 0 Å². The molecule has 0 aliphatic carbocycles. The standard InChI is InChI=1S/C14H17ClN6O2S/c1-9(2)17-12(22)7-16-13(23)8-24-14-18-19-20-21(14)11-5-3-10(15)4-6-11/h3-6,9H,7-8H2,1-2H3,(H,16,23)(H,17,22). The highest BCUT2D eigenvalue weighted by atomic mass is 35.5. The van der Waals surface area contributed by atoms with Crippen molar-refractivity contribution in [2.75, 3.05) is 12.3 Å². The van der Waals surface area contributed by atoms with Gasteiger partial charge in [-0.1, -0.05) is 23.4 Å². The average molecular weight is 369 g/mol. The van der Waals surface area contributed by atoms with Crippen LogP contribution in [-0.2, 0) is 9.59 Å². The van der Waals surface area contributed by atoms with Crippen molar-refractivity contribution >= 4 is 35.2 Å². The second-order valence-electron chi connectivity index (χ2n) is 5.14. The highest BCUT2D eigenvalue weighted by molar-refractivity contribution is 7.99. The third-order valence-corrected chi connectivity index (χ3v) is 3.91. The van der Waals surface area contributed by atoms with Gasteiger partial charge >= 0.3 is 0 Å². The van der Waals surface area contributed by atoms with E-state index in [0.717, 1.165) is 5.69 Å². The van der Waals surface area contributed by atoms with Crippen LogP contribution in [0.15, 0.2) is 29.4 Å². The van der Waals surface area contributed by atoms with Crippen LogP contribution in [0.5, 0.6) is 0 Å². The molecule has 2 N–H and O–H groups in total. The fraction of sp³-hybridized carbons (Fsp3) is 0.357. The molecule has 0 saturated carbocycles. The van der Waals surface area contributed by atoms with E-state index in [2.05, 4.69) is 26.2 Å². The van der Waals surface area contributed by atoms with Gasteiger partial charge in [-0.3, -0.25) is 9.59 Å². The molecular formula is C14H17ClN6O2S. The molecule has 0 fully saturated rings. The van der Waals surface area contributed by atoms with Crippen molar-refractivity contribution in [3.05, 3.63) is 29.3 Å². The Balaban J connectivity index is 1.87. The lowest BCUT2D eigenvalue weighted by atomic mass is 10.3. The average Bonchev–Trinajstić information content (AvgIpc) is 2.99. The normalized spacial score (nSPS) is 10.7. The number of hydrogen-bond donors (Lipinski definition) is 2. The Hall–Kier alpha value is -2.13. The third-order valence-electron chi connectivity index (χ3n) is 2.74. The maximum absolute atomic E-state index is 11.8. The Morgan fingerprint density at radius 1 is 1.25 bits per heavy atom. The van der Waals surface area contributed by atoms with Crippen molar-refractivity contribution in [2.45, 2.75) is 25.0 Å². The highest BCUT2D eigenvalue weighted by Crippen LogP contribution is 2.19. The Kier molecular flexibility index (Phi) is 6.56. The van der Waals surface area contributed by atoms with Crippen molar-refractivity contribution < 1.29 is 9.59 Å². The quantitative estimate of drug-likeness (QED) is 0.708. The van der Waals surface area contributed by atoms with Crippen LogP contribution in [0.25, 0.3) is 5.69 Å². The van der Waals surface area contributed by atoms with Crippen LogP contribution >= 0.6 is 23.4 Å². The zero-order valence-electron chi connectivity index (χ0n) is 13.2. The van der Waals surface area contributed by atoms with E-state index in [-0.39, 0.29) is 30.2 Å². The highest BCUT2D eigenvalue weighted by Gasteiger charge is 2.12. The minimum absolute atomic E-state index is 0.0350. The summed E-state index contributed by atoms with van der Waals surface area (Å²) in [6, 6.07) is 7.05. The summed E-state index contributed by atoms with van der Waals surface area (Å²) in [5.41, 5.74) is 0.739. The van der Waals surface area contributed by atoms with E-state index in [1.54, 1.807) is 24.3 Å². The first-order chi connectivity index (χ1) is 11.5. The summed E-state index contributed by atoms with van der Waals surface area (Å²) >= 11 is 7.03. The number of benzene rings is 1. The molecule has 8 nitrogen and oxygen atoms in total. The van der Waals surface area contributed by atoms with Crippen molar-refractivity contribution in [1.29, 1.82) is 0 Å². The third kappa shape index (κ3) is 5.50. The number of halogens is 1. The van der Waals surface area contributed by atoms with E-state index in [1.165, 1.54) is 16.4 Å². The molecule has 2 aromatic rings. The maximum atomic E-state index is 11.8. The Bertz CT molecular complexity index is 704. The summed E-state index contributed by atoms with van der Waals surface area (Å²) in [5.74, 6) is -0.401. The van der Waals surface area contributed by atoms with Gasteiger partial charge in [-0.25, -0.2) is 0 Å². The Morgan fingerprint density at radius 2 is 1.96 bits per heavy atom. The number of thioether (sulfide) groups is 1. The minimum Gasteiger partial charge on any atom is -0.352 e. The van der Waals surface area contributed by atoms with Gasteiger partial charge in [0.25, 0.3) is 0 Å². The molecule has 1 aromatic carbocycles. The van der Waals surface area contributed by atoms with Crippen molar-refractivity contribution in [3.8, 4) is 5.69 Å². The topological polar surface area (TPSA) is 102 Å². The molecule has 0 unspecified atom stereocenters. The monoisotopic (exact) mass is 368 g/mol. The molecule has 2 rings (SSSR count). The second-order valence-corrected chi connectivity index (χ2v) is 6.52. The summed E-state index contributed by atoms with van der Waals surface area (Å²) in [6.45, 7) is 3.65. The number of nitrogens with one attached hydrogen (secondary N) is 2. The SMILES string of the molecule is CC(C)NC(=O)CNC(=O)CSc1nnnn1-c1ccc(Cl)cc1. The van der Waals surface area contributed by atoms with Gasteiger partial charge < -0.3 is 10.6 Å². The molecular weight excluding hydrogens is 352 g/mol. The first-order valence-electron chi connectivity index (χ1n) is 7.19. The summed E-state index contributed by atoms with van der Waals surface area (Å²) in [7, 11) is 0. The predicted molar refractivity (Wildman–Crippen MR) is 91.2 cm³/mol. The number of rotatable bonds is 7. The molecule has 128 valence electrons. The number of hydrogen-bond acceptors (Lipinski definition) is 6. The van der Waals surface area contributed by atoms with Gasteiger partial charge in [0.2, 0.25) is 17.0 Å². The molecule has 0 spiro atoms. The van der Waals surface area contributed by atoms with Crippen LogP contribution in [0.2, 0.25) is 5.02 Å². The smallest absolute Gasteiger partial charge is 0.239 e. The van der Waals surface area contributed by atoms with Gasteiger partial charge in [0.05, 0.1) is 18.0 Å². The number of tetrazole rings is 1. The predicted octanol–water partition coefficient (Wildman–Crippen LogP) is 1.05. The molecule has 10 heteroatoms. The van der Waals surface area contributed by atoms with E-state index < -0.39 is 0 Å². The lowest BCUT2D eigenvalue weighted by Gasteiger charge is -2.09. The molecule has 1 aromatic heterocycles. The Labute approximate surface area is 148 Å². The van der Waals surface area contributed by atoms with Crippen LogP contribution in [0, 0.1) is 0 Å². The van der Waals surface area contributed by atoms with Crippen LogP contribution < -0.4 is 10.6 Å². The summed E-state index contributed by atoms with van der Waals surface area (Å²) in [6.07, 6.45) is 0. The van der Waals surface area contributed by atoms with Crippen LogP contribution in [0.4, 0.5) is 0 Å². The number of aromatic nitrogens is 4. The fourth-order valence-electron chi connectivity index (χ4n) is 1.75. The van der Waals surface area contributed by atoms with Gasteiger partial charge in [-0.15, -0.1) is 5.10 Å². The molecule has 2 amide bonds. The van der Waals surface area contributed by atoms with E-state index in [0.29, 0.717) is 10.2 Å². The van der Waals surface area contributed by atoms with Gasteiger partial charge in [-0.2, -0.15) is 4.68 Å². The van der Waals surface area contributed by atoms with E-state index in [1.807, 2.05) is 13.8 Å². The molecule has 0 aliphatic rings. The van der Waals surface area contributed by atoms with E-state index in [4.69, 9.17) is 11.6 Å². The van der Waals surface area contributed by atoms with Crippen molar-refractivity contribution in [2.24, 2.45) is 0 Å². The van der Waals surface area contributed by atoms with Crippen LogP contribution in [-0.4, -0.2) is 50.4 Å². The number of carbonyl (C=O) groups is 2. The molecule has 0 radical (unpaired) electrons. The van der Waals surface area contributed by atoms with Gasteiger partial charge in [0, 0.05) is 11.1 Å². The Morgan fingerprint density at radius 3 is 2.62 bits per heavy atom. The number of nitrogens with zero attached hydrogens (tertiary/aromatic N) is 4. The molecule has 0 aliphatic heterocycles. The molecule has 0 saturated heterocycles. The largest absolute Gasteiger partial charge is 0.352 e. The fourth-order valence-corrected chi connectivity index (χ4v) is 2.59. The lowest BCUT2D eigenvalue weighted by Crippen LogP contribution is -2.40. The van der Waals surface area contributed by atoms with Crippen molar-refractivity contribution in [3.63, 3.8) is 0 Å². The second kappa shape index (κ2) is 8.65. The molecule has 0 atom stereocenters. The van der Waals surface area contributed by atoms with E-state index >= 15 is 0 Å². The number of carbonyl (C=O) groups excluding carboxylic acids is 2. The van der Waals surface area contributed by atoms with Gasteiger partial charge in [-0.05, 0) is 48.5 Å². The summed E-state index contributed by atoms with van der Waals surface area (Å²) in [4.78, 5) is 23.3. The lowest BCUT2D eigenvalue weighted by molar-refractivity contribution is -0.125. The first-order valence-corrected chi connectivity index (χ1v) is 8.55. The molecule has 1 heterocycles. The zero-order chi connectivity index (χ0) is 17.5. The van der Waals surface area contributed by atoms with Gasteiger partial charge in [0.1, 0.15) is 0 Å². The van der Waals surface area contributed by atoms with Crippen molar-refractivity contribution in [1.82, 2.24) is 30.8 Å². The van der Waals surface area contributed by atoms with Crippen LogP contribution in [0.1, 0.15) is 13.8 Å². The molecule has 24 heavy (non-hydrogen) atoms. The summed E-state index contributed by atoms with van der Waals surface area (Å²) in [5, 5.41) is 17.7. The van der Waals surface area contributed by atoms with Crippen LogP contribution in [0.3, 0.4) is 0 Å². The van der Waals surface area contributed by atoms with E-state index in [9.17, 15) is 9.59 Å². The molecule has 0 bridgehead atoms. The first kappa shape index (κ1) is 18.2. The minimum atomic E-state index is -0.274. The maximum Gasteiger partial charge on any atom is 0.239 e. The summed E-state index contributed by atoms with van der Waals surface area (Å²) < 4.78 is 1.51. The number of amides is 2. The zero-order valence-corrected chi connectivity index (χ0v) is 14.8.